The van der Waals surface area contributed by atoms with Crippen molar-refractivity contribution in [1.82, 2.24) is 9.29 Å². The second-order valence-electron chi connectivity index (χ2n) is 5.16. The lowest BCUT2D eigenvalue weighted by molar-refractivity contribution is 0.399. The molecule has 0 amide bonds. The zero-order valence-electron chi connectivity index (χ0n) is 11.5. The van der Waals surface area contributed by atoms with E-state index in [1.54, 1.807) is 22.8 Å². The first-order valence-corrected chi connectivity index (χ1v) is 9.70. The van der Waals surface area contributed by atoms with E-state index in [2.05, 4.69) is 20.9 Å². The molecule has 4 nitrogen and oxygen atoms in total. The van der Waals surface area contributed by atoms with Crippen LogP contribution in [0.4, 0.5) is 0 Å². The average Bonchev–Trinajstić information content (AvgIpc) is 3.23. The van der Waals surface area contributed by atoms with Gasteiger partial charge in [-0.25, -0.2) is 8.42 Å². The Labute approximate surface area is 137 Å². The average molecular weight is 387 g/mol. The van der Waals surface area contributed by atoms with Crippen LogP contribution in [0.25, 0.3) is 0 Å². The highest BCUT2D eigenvalue weighted by Gasteiger charge is 2.39. The molecule has 2 heterocycles. The first-order chi connectivity index (χ1) is 9.98. The van der Waals surface area contributed by atoms with Crippen LogP contribution in [-0.2, 0) is 16.6 Å². The summed E-state index contributed by atoms with van der Waals surface area (Å²) in [5.41, 5.74) is 1.87. The summed E-state index contributed by atoms with van der Waals surface area (Å²) in [6, 6.07) is 5.60. The Morgan fingerprint density at radius 2 is 2.24 bits per heavy atom. The maximum Gasteiger partial charge on any atom is 0.253 e. The molecule has 0 N–H and O–H groups in total. The summed E-state index contributed by atoms with van der Waals surface area (Å²) in [5, 5.41) is 0. The van der Waals surface area contributed by atoms with Gasteiger partial charge < -0.3 is 0 Å². The van der Waals surface area contributed by atoms with E-state index >= 15 is 0 Å². The molecule has 1 aliphatic rings. The molecule has 0 saturated heterocycles. The van der Waals surface area contributed by atoms with E-state index in [0.29, 0.717) is 10.8 Å². The lowest BCUT2D eigenvalue weighted by Crippen LogP contribution is -2.32. The fraction of sp³-hybridized carbons (Fsp3) is 0.357. The van der Waals surface area contributed by atoms with Crippen LogP contribution in [0, 0.1) is 6.92 Å². The van der Waals surface area contributed by atoms with Crippen molar-refractivity contribution in [1.29, 1.82) is 0 Å². The summed E-state index contributed by atoms with van der Waals surface area (Å²) in [6.07, 6.45) is 5.29. The third-order valence-electron chi connectivity index (χ3n) is 3.41. The predicted octanol–water partition coefficient (Wildman–Crippen LogP) is 3.57. The van der Waals surface area contributed by atoms with Gasteiger partial charge in [0.2, 0.25) is 0 Å². The molecule has 0 radical (unpaired) electrons. The van der Waals surface area contributed by atoms with Crippen LogP contribution >= 0.6 is 27.3 Å². The largest absolute Gasteiger partial charge is 0.264 e. The summed E-state index contributed by atoms with van der Waals surface area (Å²) in [4.78, 5) is 4.06. The molecule has 1 aliphatic carbocycles. The highest BCUT2D eigenvalue weighted by atomic mass is 79.9. The molecule has 3 rings (SSSR count). The molecule has 0 bridgehead atoms. The Morgan fingerprint density at radius 3 is 2.76 bits per heavy atom. The number of halogens is 1. The highest BCUT2D eigenvalue weighted by molar-refractivity contribution is 9.11. The molecule has 7 heteroatoms. The van der Waals surface area contributed by atoms with Crippen molar-refractivity contribution in [3.63, 3.8) is 0 Å². The maximum atomic E-state index is 12.9. The summed E-state index contributed by atoms with van der Waals surface area (Å²) >= 11 is 4.68. The molecule has 21 heavy (non-hydrogen) atoms. The number of sulfonamides is 1. The molecule has 0 spiro atoms. The second kappa shape index (κ2) is 5.79. The second-order valence-corrected chi connectivity index (χ2v) is 9.65. The van der Waals surface area contributed by atoms with E-state index in [4.69, 9.17) is 0 Å². The molecule has 112 valence electrons. The number of aromatic nitrogens is 1. The Kier molecular flexibility index (Phi) is 4.18. The van der Waals surface area contributed by atoms with Crippen LogP contribution in [0.3, 0.4) is 0 Å². The van der Waals surface area contributed by atoms with E-state index in [0.717, 1.165) is 27.8 Å². The number of aryl methyl sites for hydroxylation is 1. The van der Waals surface area contributed by atoms with Crippen molar-refractivity contribution in [3.05, 3.63) is 45.5 Å². The van der Waals surface area contributed by atoms with E-state index in [9.17, 15) is 8.42 Å². The van der Waals surface area contributed by atoms with Gasteiger partial charge in [0, 0.05) is 25.0 Å². The van der Waals surface area contributed by atoms with E-state index < -0.39 is 10.0 Å². The minimum Gasteiger partial charge on any atom is -0.264 e. The standard InChI is InChI=1S/C14H15BrN2O2S2/c1-10-7-13(20-14(10)15)21(18,19)17(12-4-5-12)9-11-3-2-6-16-8-11/h2-3,6-8,12H,4-5,9H2,1H3. The minimum atomic E-state index is -3.44. The fourth-order valence-corrected chi connectivity index (χ4v) is 6.15. The number of hydrogen-bond donors (Lipinski definition) is 0. The molecule has 0 aromatic carbocycles. The van der Waals surface area contributed by atoms with Gasteiger partial charge in [-0.1, -0.05) is 6.07 Å². The smallest absolute Gasteiger partial charge is 0.253 e. The number of thiophene rings is 1. The van der Waals surface area contributed by atoms with Gasteiger partial charge in [-0.05, 0) is 59.0 Å². The molecule has 1 saturated carbocycles. The van der Waals surface area contributed by atoms with Gasteiger partial charge in [-0.3, -0.25) is 4.98 Å². The van der Waals surface area contributed by atoms with Crippen molar-refractivity contribution in [3.8, 4) is 0 Å². The van der Waals surface area contributed by atoms with Gasteiger partial charge in [-0.2, -0.15) is 4.31 Å². The van der Waals surface area contributed by atoms with E-state index in [1.165, 1.54) is 11.3 Å². The van der Waals surface area contributed by atoms with Crippen molar-refractivity contribution in [2.75, 3.05) is 0 Å². The van der Waals surface area contributed by atoms with E-state index in [1.807, 2.05) is 19.1 Å². The van der Waals surface area contributed by atoms with Crippen LogP contribution in [0.15, 0.2) is 38.6 Å². The number of pyridine rings is 1. The maximum absolute atomic E-state index is 12.9. The van der Waals surface area contributed by atoms with Crippen molar-refractivity contribution < 1.29 is 8.42 Å². The van der Waals surface area contributed by atoms with Crippen molar-refractivity contribution in [2.24, 2.45) is 0 Å². The van der Waals surface area contributed by atoms with Crippen LogP contribution in [0.1, 0.15) is 24.0 Å². The summed E-state index contributed by atoms with van der Waals surface area (Å²) in [7, 11) is -3.44. The Morgan fingerprint density at radius 1 is 1.48 bits per heavy atom. The zero-order chi connectivity index (χ0) is 15.0. The Balaban J connectivity index is 1.93. The number of rotatable bonds is 5. The van der Waals surface area contributed by atoms with Crippen molar-refractivity contribution >= 4 is 37.3 Å². The third-order valence-corrected chi connectivity index (χ3v) is 7.90. The summed E-state index contributed by atoms with van der Waals surface area (Å²) < 4.78 is 28.6. The SMILES string of the molecule is Cc1cc(S(=O)(=O)N(Cc2cccnc2)C2CC2)sc1Br. The normalized spacial score (nSPS) is 15.6. The quantitative estimate of drug-likeness (QED) is 0.788. The third kappa shape index (κ3) is 3.21. The van der Waals surface area contributed by atoms with Gasteiger partial charge >= 0.3 is 0 Å². The van der Waals surface area contributed by atoms with Crippen LogP contribution in [0.2, 0.25) is 0 Å². The van der Waals surface area contributed by atoms with Crippen molar-refractivity contribution in [2.45, 2.75) is 36.6 Å². The molecule has 0 unspecified atom stereocenters. The molecule has 1 fully saturated rings. The molecule has 2 aromatic heterocycles. The van der Waals surface area contributed by atoms with Gasteiger partial charge in [0.1, 0.15) is 4.21 Å². The highest BCUT2D eigenvalue weighted by Crippen LogP contribution is 2.37. The summed E-state index contributed by atoms with van der Waals surface area (Å²) in [6.45, 7) is 2.29. The lowest BCUT2D eigenvalue weighted by Gasteiger charge is -2.20. The van der Waals surface area contributed by atoms with Gasteiger partial charge in [0.05, 0.1) is 3.79 Å². The zero-order valence-corrected chi connectivity index (χ0v) is 14.7. The Bertz CT molecular complexity index is 720. The predicted molar refractivity (Wildman–Crippen MR) is 86.7 cm³/mol. The van der Waals surface area contributed by atoms with Crippen LogP contribution in [0.5, 0.6) is 0 Å². The Hall–Kier alpha value is -0.760. The minimum absolute atomic E-state index is 0.122. The molecule has 2 aromatic rings. The first-order valence-electron chi connectivity index (χ1n) is 6.65. The topological polar surface area (TPSA) is 50.3 Å². The summed E-state index contributed by atoms with van der Waals surface area (Å²) in [5.74, 6) is 0. The lowest BCUT2D eigenvalue weighted by atomic mass is 10.3. The van der Waals surface area contributed by atoms with E-state index in [-0.39, 0.29) is 6.04 Å². The van der Waals surface area contributed by atoms with Gasteiger partial charge in [0.15, 0.2) is 0 Å². The van der Waals surface area contributed by atoms with Crippen LogP contribution in [-0.4, -0.2) is 23.7 Å². The molecule has 0 aliphatic heterocycles. The first kappa shape index (κ1) is 15.1. The van der Waals surface area contributed by atoms with Crippen LogP contribution < -0.4 is 0 Å². The molecular formula is C14H15BrN2O2S2. The van der Waals surface area contributed by atoms with Gasteiger partial charge in [-0.15, -0.1) is 11.3 Å². The monoisotopic (exact) mass is 386 g/mol. The fourth-order valence-electron chi connectivity index (χ4n) is 2.12. The van der Waals surface area contributed by atoms with Gasteiger partial charge in [0.25, 0.3) is 10.0 Å². The number of nitrogens with zero attached hydrogens (tertiary/aromatic N) is 2. The molecule has 0 atom stereocenters. The molecular weight excluding hydrogens is 372 g/mol. The number of hydrogen-bond acceptors (Lipinski definition) is 4.